The van der Waals surface area contributed by atoms with E-state index in [-0.39, 0.29) is 17.3 Å². The smallest absolute Gasteiger partial charge is 0.335 e. The minimum Gasteiger partial charge on any atom is -0.335 e. The molecule has 1 aliphatic rings. The Labute approximate surface area is 175 Å². The molecular weight excluding hydrogens is 436 g/mol. The first-order chi connectivity index (χ1) is 14.5. The maximum Gasteiger partial charge on any atom is 0.404 e. The molecule has 2 aromatic heterocycles. The number of fused-ring (bicyclic) bond motifs is 1. The van der Waals surface area contributed by atoms with Crippen LogP contribution in [0.3, 0.4) is 0 Å². The number of halogens is 4. The zero-order valence-corrected chi connectivity index (χ0v) is 16.9. The molecule has 1 aliphatic carbocycles. The van der Waals surface area contributed by atoms with Crippen molar-refractivity contribution in [3.63, 3.8) is 0 Å². The first kappa shape index (κ1) is 21.3. The Bertz CT molecular complexity index is 1300. The molecule has 0 spiro atoms. The summed E-state index contributed by atoms with van der Waals surface area (Å²) in [5.41, 5.74) is 1.55. The third-order valence-corrected chi connectivity index (χ3v) is 6.63. The Morgan fingerprint density at radius 3 is 2.52 bits per heavy atom. The number of nitrogens with zero attached hydrogens (tertiary/aromatic N) is 3. The van der Waals surface area contributed by atoms with Crippen LogP contribution in [0.2, 0.25) is 0 Å². The fraction of sp³-hybridized carbons (Fsp3) is 0.300. The number of pyridine rings is 1. The molecule has 6 nitrogen and oxygen atoms in total. The molecule has 3 aromatic rings. The summed E-state index contributed by atoms with van der Waals surface area (Å²) >= 11 is 0. The minimum atomic E-state index is -4.73. The van der Waals surface area contributed by atoms with E-state index in [0.717, 1.165) is 25.1 Å². The summed E-state index contributed by atoms with van der Waals surface area (Å²) in [6.07, 6.45) is -2.06. The van der Waals surface area contributed by atoms with Gasteiger partial charge < -0.3 is 4.57 Å². The normalized spacial score (nSPS) is 15.7. The molecule has 0 radical (unpaired) electrons. The van der Waals surface area contributed by atoms with Crippen LogP contribution < -0.4 is 4.72 Å². The zero-order valence-electron chi connectivity index (χ0n) is 16.1. The average Bonchev–Trinajstić information content (AvgIpc) is 3.48. The summed E-state index contributed by atoms with van der Waals surface area (Å²) in [6.45, 7) is 0.700. The highest BCUT2D eigenvalue weighted by Gasteiger charge is 2.39. The quantitative estimate of drug-likeness (QED) is 0.586. The molecule has 1 saturated carbocycles. The van der Waals surface area contributed by atoms with Crippen LogP contribution in [0.15, 0.2) is 41.4 Å². The molecule has 1 fully saturated rings. The van der Waals surface area contributed by atoms with E-state index in [4.69, 9.17) is 0 Å². The standard InChI is InChI=1S/C20H16F4N4O2S/c1-11(20(22,23)24)27-31(29,30)14-5-6-17(26-10-14)19-16(9-25)15-8-12(21)2-7-18(15)28(19)13-3-4-13/h2,5-8,10-11,13,27H,3-4H2,1H3/t11-/m0/s1. The van der Waals surface area contributed by atoms with Gasteiger partial charge in [-0.05, 0) is 50.1 Å². The number of rotatable bonds is 5. The van der Waals surface area contributed by atoms with Crippen molar-refractivity contribution in [1.29, 1.82) is 5.26 Å². The fourth-order valence-corrected chi connectivity index (χ4v) is 4.58. The average molecular weight is 452 g/mol. The van der Waals surface area contributed by atoms with Crippen LogP contribution in [-0.2, 0) is 10.0 Å². The number of hydrogen-bond acceptors (Lipinski definition) is 4. The number of alkyl halides is 3. The van der Waals surface area contributed by atoms with E-state index >= 15 is 0 Å². The van der Waals surface area contributed by atoms with E-state index in [9.17, 15) is 31.2 Å². The number of sulfonamides is 1. The molecular formula is C20H16F4N4O2S. The Morgan fingerprint density at radius 2 is 1.97 bits per heavy atom. The SMILES string of the molecule is C[C@H](NS(=O)(=O)c1ccc(-c2c(C#N)c3cc(F)ccc3n2C2CC2)nc1)C(F)(F)F. The predicted molar refractivity (Wildman–Crippen MR) is 104 cm³/mol. The Kier molecular flexibility index (Phi) is 5.02. The first-order valence-electron chi connectivity index (χ1n) is 9.32. The second kappa shape index (κ2) is 7.32. The molecule has 0 amide bonds. The molecule has 162 valence electrons. The van der Waals surface area contributed by atoms with E-state index in [1.165, 1.54) is 18.2 Å². The lowest BCUT2D eigenvalue weighted by Gasteiger charge is -2.17. The monoisotopic (exact) mass is 452 g/mol. The number of hydrogen-bond donors (Lipinski definition) is 1. The zero-order chi connectivity index (χ0) is 22.6. The molecule has 4 rings (SSSR count). The van der Waals surface area contributed by atoms with Gasteiger partial charge in [0.15, 0.2) is 0 Å². The van der Waals surface area contributed by atoms with Crippen molar-refractivity contribution < 1.29 is 26.0 Å². The summed E-state index contributed by atoms with van der Waals surface area (Å²) in [7, 11) is -4.46. The highest BCUT2D eigenvalue weighted by molar-refractivity contribution is 7.89. The fourth-order valence-electron chi connectivity index (χ4n) is 3.41. The van der Waals surface area contributed by atoms with Gasteiger partial charge in [0.1, 0.15) is 22.8 Å². The Hall–Kier alpha value is -2.97. The summed E-state index contributed by atoms with van der Waals surface area (Å²) < 4.78 is 79.9. The maximum atomic E-state index is 13.8. The van der Waals surface area contributed by atoms with Crippen LogP contribution in [0, 0.1) is 17.1 Å². The van der Waals surface area contributed by atoms with Gasteiger partial charge in [-0.1, -0.05) is 0 Å². The van der Waals surface area contributed by atoms with Gasteiger partial charge in [-0.25, -0.2) is 12.8 Å². The van der Waals surface area contributed by atoms with Gasteiger partial charge in [-0.15, -0.1) is 0 Å². The van der Waals surface area contributed by atoms with Crippen LogP contribution in [0.4, 0.5) is 17.6 Å². The first-order valence-corrected chi connectivity index (χ1v) is 10.8. The Morgan fingerprint density at radius 1 is 1.26 bits per heavy atom. The van der Waals surface area contributed by atoms with E-state index in [1.807, 2.05) is 4.57 Å². The van der Waals surface area contributed by atoms with Crippen LogP contribution in [0.25, 0.3) is 22.3 Å². The topological polar surface area (TPSA) is 87.8 Å². The van der Waals surface area contributed by atoms with E-state index in [0.29, 0.717) is 23.5 Å². The molecule has 1 N–H and O–H groups in total. The van der Waals surface area contributed by atoms with Crippen molar-refractivity contribution >= 4 is 20.9 Å². The highest BCUT2D eigenvalue weighted by atomic mass is 32.2. The lowest BCUT2D eigenvalue weighted by atomic mass is 10.1. The molecule has 2 heterocycles. The van der Waals surface area contributed by atoms with Crippen molar-refractivity contribution in [1.82, 2.24) is 14.3 Å². The van der Waals surface area contributed by atoms with Crippen molar-refractivity contribution in [2.24, 2.45) is 0 Å². The summed E-state index contributed by atoms with van der Waals surface area (Å²) in [6, 6.07) is 6.50. The lowest BCUT2D eigenvalue weighted by Crippen LogP contribution is -2.42. The number of benzene rings is 1. The van der Waals surface area contributed by atoms with E-state index in [2.05, 4.69) is 11.1 Å². The van der Waals surface area contributed by atoms with Crippen molar-refractivity contribution in [2.45, 2.75) is 42.9 Å². The molecule has 1 atom stereocenters. The van der Waals surface area contributed by atoms with E-state index < -0.39 is 33.0 Å². The number of nitriles is 1. The van der Waals surface area contributed by atoms with Gasteiger partial charge in [0.05, 0.1) is 22.5 Å². The van der Waals surface area contributed by atoms with Gasteiger partial charge >= 0.3 is 6.18 Å². The molecule has 1 aromatic carbocycles. The molecule has 0 aliphatic heterocycles. The third kappa shape index (κ3) is 3.88. The second-order valence-electron chi connectivity index (χ2n) is 7.36. The summed E-state index contributed by atoms with van der Waals surface area (Å²) in [5.74, 6) is -0.497. The van der Waals surface area contributed by atoms with Crippen molar-refractivity contribution in [3.05, 3.63) is 47.9 Å². The van der Waals surface area contributed by atoms with Gasteiger partial charge in [0, 0.05) is 17.6 Å². The Balaban J connectivity index is 1.78. The van der Waals surface area contributed by atoms with Gasteiger partial charge in [-0.2, -0.15) is 23.2 Å². The van der Waals surface area contributed by atoms with Crippen molar-refractivity contribution in [3.8, 4) is 17.5 Å². The van der Waals surface area contributed by atoms with Gasteiger partial charge in [0.25, 0.3) is 0 Å². The molecule has 0 saturated heterocycles. The van der Waals surface area contributed by atoms with Crippen LogP contribution in [0.5, 0.6) is 0 Å². The second-order valence-corrected chi connectivity index (χ2v) is 9.08. The summed E-state index contributed by atoms with van der Waals surface area (Å²) in [5, 5.41) is 10.1. The lowest BCUT2D eigenvalue weighted by molar-refractivity contribution is -0.147. The number of nitrogens with one attached hydrogen (secondary N) is 1. The molecule has 0 bridgehead atoms. The maximum absolute atomic E-state index is 13.8. The molecule has 31 heavy (non-hydrogen) atoms. The van der Waals surface area contributed by atoms with E-state index in [1.54, 1.807) is 10.8 Å². The van der Waals surface area contributed by atoms with Crippen LogP contribution >= 0.6 is 0 Å². The number of aromatic nitrogens is 2. The van der Waals surface area contributed by atoms with Gasteiger partial charge in [0.2, 0.25) is 10.0 Å². The summed E-state index contributed by atoms with van der Waals surface area (Å²) in [4.78, 5) is 3.68. The van der Waals surface area contributed by atoms with Crippen molar-refractivity contribution in [2.75, 3.05) is 0 Å². The molecule has 11 heteroatoms. The largest absolute Gasteiger partial charge is 0.404 e. The third-order valence-electron chi connectivity index (χ3n) is 5.10. The van der Waals surface area contributed by atoms with Crippen LogP contribution in [-0.4, -0.2) is 30.2 Å². The highest BCUT2D eigenvalue weighted by Crippen LogP contribution is 2.44. The van der Waals surface area contributed by atoms with Gasteiger partial charge in [-0.3, -0.25) is 4.98 Å². The van der Waals surface area contributed by atoms with Crippen LogP contribution in [0.1, 0.15) is 31.4 Å². The minimum absolute atomic E-state index is 0.101. The predicted octanol–water partition coefficient (Wildman–Crippen LogP) is 4.28. The molecule has 0 unspecified atom stereocenters.